The third-order valence-corrected chi connectivity index (χ3v) is 5.56. The molecule has 1 nitrogen and oxygen atoms in total. The van der Waals surface area contributed by atoms with Gasteiger partial charge >= 0.3 is 0 Å². The number of aliphatic hydroxyl groups is 1. The largest absolute Gasteiger partial charge is 0.392 e. The van der Waals surface area contributed by atoms with Gasteiger partial charge in [-0.3, -0.25) is 0 Å². The molecule has 1 atom stereocenters. The van der Waals surface area contributed by atoms with Crippen LogP contribution < -0.4 is 0 Å². The molecule has 1 heteroatoms. The third-order valence-electron chi connectivity index (χ3n) is 5.56. The molecule has 2 rings (SSSR count). The van der Waals surface area contributed by atoms with Crippen LogP contribution in [0.1, 0.15) is 68.9 Å². The highest BCUT2D eigenvalue weighted by Crippen LogP contribution is 2.51. The number of aliphatic hydroxyl groups excluding tert-OH is 1. The van der Waals surface area contributed by atoms with Gasteiger partial charge in [0.05, 0.1) is 6.61 Å². The van der Waals surface area contributed by atoms with Crippen LogP contribution in [-0.2, 0) is 17.4 Å². The van der Waals surface area contributed by atoms with E-state index in [0.29, 0.717) is 5.92 Å². The molecule has 0 bridgehead atoms. The fourth-order valence-electron chi connectivity index (χ4n) is 3.83. The standard InChI is InChI=1S/C18H28O/c1-11-8-15-16(14(10-19)13(11)3)18(6,7)12(2)9-17(15,4)5/h8,12,19H,9-10H2,1-7H3. The molecule has 0 saturated carbocycles. The Hall–Kier alpha value is -0.820. The molecule has 1 unspecified atom stereocenters. The molecule has 1 aromatic carbocycles. The molecular formula is C18H28O. The molecule has 1 aromatic rings. The first kappa shape index (κ1) is 14.6. The Morgan fingerprint density at radius 2 is 1.79 bits per heavy atom. The lowest BCUT2D eigenvalue weighted by Gasteiger charge is -2.48. The first-order valence-electron chi connectivity index (χ1n) is 7.37. The van der Waals surface area contributed by atoms with Crippen molar-refractivity contribution in [2.24, 2.45) is 5.92 Å². The molecular weight excluding hydrogens is 232 g/mol. The van der Waals surface area contributed by atoms with E-state index in [1.54, 1.807) is 0 Å². The molecule has 0 aromatic heterocycles. The van der Waals surface area contributed by atoms with E-state index in [1.807, 2.05) is 0 Å². The SMILES string of the molecule is Cc1cc2c(c(CO)c1C)C(C)(C)C(C)CC2(C)C. The van der Waals surface area contributed by atoms with Crippen molar-refractivity contribution in [1.29, 1.82) is 0 Å². The first-order valence-corrected chi connectivity index (χ1v) is 7.37. The minimum Gasteiger partial charge on any atom is -0.392 e. The maximum Gasteiger partial charge on any atom is 0.0687 e. The second-order valence-corrected chi connectivity index (χ2v) is 7.59. The normalized spacial score (nSPS) is 24.1. The average molecular weight is 260 g/mol. The van der Waals surface area contributed by atoms with Crippen molar-refractivity contribution < 1.29 is 5.11 Å². The maximum atomic E-state index is 9.89. The molecule has 106 valence electrons. The molecule has 0 radical (unpaired) electrons. The fraction of sp³-hybridized carbons (Fsp3) is 0.667. The van der Waals surface area contributed by atoms with Crippen LogP contribution in [0.5, 0.6) is 0 Å². The monoisotopic (exact) mass is 260 g/mol. The van der Waals surface area contributed by atoms with Crippen LogP contribution in [0.25, 0.3) is 0 Å². The smallest absolute Gasteiger partial charge is 0.0687 e. The van der Waals surface area contributed by atoms with Crippen molar-refractivity contribution in [3.8, 4) is 0 Å². The number of fused-ring (bicyclic) bond motifs is 1. The second-order valence-electron chi connectivity index (χ2n) is 7.59. The van der Waals surface area contributed by atoms with E-state index in [2.05, 4.69) is 54.5 Å². The highest BCUT2D eigenvalue weighted by Gasteiger charge is 2.43. The summed E-state index contributed by atoms with van der Waals surface area (Å²) in [5.74, 6) is 0.627. The zero-order valence-corrected chi connectivity index (χ0v) is 13.5. The molecule has 1 aliphatic rings. The van der Waals surface area contributed by atoms with Gasteiger partial charge in [-0.15, -0.1) is 0 Å². The summed E-state index contributed by atoms with van der Waals surface area (Å²) < 4.78 is 0. The highest BCUT2D eigenvalue weighted by atomic mass is 16.3. The van der Waals surface area contributed by atoms with Gasteiger partial charge in [0.1, 0.15) is 0 Å². The Morgan fingerprint density at radius 3 is 2.32 bits per heavy atom. The zero-order chi connectivity index (χ0) is 14.6. The van der Waals surface area contributed by atoms with Gasteiger partial charge in [-0.1, -0.05) is 40.7 Å². The molecule has 1 aliphatic carbocycles. The predicted molar refractivity (Wildman–Crippen MR) is 81.7 cm³/mol. The van der Waals surface area contributed by atoms with E-state index in [0.717, 1.165) is 0 Å². The quantitative estimate of drug-likeness (QED) is 0.794. The predicted octanol–water partition coefficient (Wildman–Crippen LogP) is 4.39. The van der Waals surface area contributed by atoms with Crippen LogP contribution in [0.15, 0.2) is 6.07 Å². The Balaban J connectivity index is 2.86. The van der Waals surface area contributed by atoms with Crippen molar-refractivity contribution in [1.82, 2.24) is 0 Å². The van der Waals surface area contributed by atoms with Gasteiger partial charge in [0.2, 0.25) is 0 Å². The van der Waals surface area contributed by atoms with Gasteiger partial charge in [-0.05, 0) is 64.8 Å². The van der Waals surface area contributed by atoms with Crippen LogP contribution in [0, 0.1) is 19.8 Å². The Kier molecular flexibility index (Phi) is 3.33. The van der Waals surface area contributed by atoms with Gasteiger partial charge in [0.15, 0.2) is 0 Å². The molecule has 19 heavy (non-hydrogen) atoms. The van der Waals surface area contributed by atoms with Crippen molar-refractivity contribution in [3.05, 3.63) is 33.9 Å². The lowest BCUT2D eigenvalue weighted by Crippen LogP contribution is -2.41. The van der Waals surface area contributed by atoms with Gasteiger partial charge < -0.3 is 5.11 Å². The maximum absolute atomic E-state index is 9.89. The van der Waals surface area contributed by atoms with E-state index in [-0.39, 0.29) is 17.4 Å². The van der Waals surface area contributed by atoms with Crippen molar-refractivity contribution in [3.63, 3.8) is 0 Å². The van der Waals surface area contributed by atoms with Crippen molar-refractivity contribution >= 4 is 0 Å². The third kappa shape index (κ3) is 2.03. The van der Waals surface area contributed by atoms with E-state index >= 15 is 0 Å². The van der Waals surface area contributed by atoms with E-state index in [9.17, 15) is 5.11 Å². The van der Waals surface area contributed by atoms with Crippen LogP contribution in [0.3, 0.4) is 0 Å². The molecule has 0 spiro atoms. The Labute approximate surface area is 118 Å². The summed E-state index contributed by atoms with van der Waals surface area (Å²) in [6.45, 7) is 16.2. The molecule has 0 amide bonds. The van der Waals surface area contributed by atoms with Gasteiger partial charge in [-0.2, -0.15) is 0 Å². The van der Waals surface area contributed by atoms with Crippen LogP contribution in [-0.4, -0.2) is 5.11 Å². The van der Waals surface area contributed by atoms with E-state index in [1.165, 1.54) is 34.2 Å². The van der Waals surface area contributed by atoms with Crippen LogP contribution in [0.4, 0.5) is 0 Å². The van der Waals surface area contributed by atoms with Gasteiger partial charge in [0.25, 0.3) is 0 Å². The van der Waals surface area contributed by atoms with E-state index < -0.39 is 0 Å². The number of aryl methyl sites for hydroxylation is 1. The van der Waals surface area contributed by atoms with Crippen molar-refractivity contribution in [2.45, 2.75) is 72.3 Å². The molecule has 0 aliphatic heterocycles. The minimum absolute atomic E-state index is 0.140. The first-order chi connectivity index (χ1) is 8.63. The van der Waals surface area contributed by atoms with Gasteiger partial charge in [-0.25, -0.2) is 0 Å². The summed E-state index contributed by atoms with van der Waals surface area (Å²) in [5, 5.41) is 9.89. The van der Waals surface area contributed by atoms with Crippen molar-refractivity contribution in [2.75, 3.05) is 0 Å². The summed E-state index contributed by atoms with van der Waals surface area (Å²) in [5.41, 5.74) is 6.93. The summed E-state index contributed by atoms with van der Waals surface area (Å²) in [6, 6.07) is 2.36. The average Bonchev–Trinajstić information content (AvgIpc) is 2.29. The summed E-state index contributed by atoms with van der Waals surface area (Å²) >= 11 is 0. The van der Waals surface area contributed by atoms with Crippen LogP contribution in [0.2, 0.25) is 0 Å². The fourth-order valence-corrected chi connectivity index (χ4v) is 3.83. The lowest BCUT2D eigenvalue weighted by molar-refractivity contribution is 0.221. The van der Waals surface area contributed by atoms with Crippen LogP contribution >= 0.6 is 0 Å². The molecule has 0 fully saturated rings. The summed E-state index contributed by atoms with van der Waals surface area (Å²) in [7, 11) is 0. The second kappa shape index (κ2) is 4.34. The zero-order valence-electron chi connectivity index (χ0n) is 13.5. The minimum atomic E-state index is 0.140. The highest BCUT2D eigenvalue weighted by molar-refractivity contribution is 5.52. The topological polar surface area (TPSA) is 20.2 Å². The summed E-state index contributed by atoms with van der Waals surface area (Å²) in [4.78, 5) is 0. The van der Waals surface area contributed by atoms with Gasteiger partial charge in [0, 0.05) is 0 Å². The van der Waals surface area contributed by atoms with E-state index in [4.69, 9.17) is 0 Å². The number of rotatable bonds is 1. The number of benzene rings is 1. The number of hydrogen-bond donors (Lipinski definition) is 1. The lowest BCUT2D eigenvalue weighted by atomic mass is 9.56. The summed E-state index contributed by atoms with van der Waals surface area (Å²) in [6.07, 6.45) is 1.21. The Morgan fingerprint density at radius 1 is 1.21 bits per heavy atom. The molecule has 0 saturated heterocycles. The molecule has 1 N–H and O–H groups in total. The Bertz CT molecular complexity index is 509. The number of hydrogen-bond acceptors (Lipinski definition) is 1. The molecule has 0 heterocycles.